The molecular formula is C7H14F3NO. The van der Waals surface area contributed by atoms with Gasteiger partial charge < -0.3 is 10.8 Å². The van der Waals surface area contributed by atoms with E-state index in [1.165, 1.54) is 0 Å². The molecule has 0 fully saturated rings. The average Bonchev–Trinajstić information content (AvgIpc) is 1.84. The molecule has 0 aliphatic carbocycles. The molecule has 0 amide bonds. The quantitative estimate of drug-likeness (QED) is 0.695. The Balaban J connectivity index is 4.22. The van der Waals surface area contributed by atoms with Gasteiger partial charge in [-0.25, -0.2) is 0 Å². The lowest BCUT2D eigenvalue weighted by molar-refractivity contribution is -0.215. The molecule has 74 valence electrons. The van der Waals surface area contributed by atoms with Gasteiger partial charge in [-0.3, -0.25) is 0 Å². The summed E-state index contributed by atoms with van der Waals surface area (Å²) in [5.41, 5.74) is 3.38. The van der Waals surface area contributed by atoms with Crippen LogP contribution in [-0.4, -0.2) is 23.9 Å². The second-order valence-electron chi connectivity index (χ2n) is 3.53. The van der Waals surface area contributed by atoms with Gasteiger partial charge in [0.05, 0.1) is 12.0 Å². The molecule has 0 aliphatic rings. The van der Waals surface area contributed by atoms with Crippen LogP contribution in [0, 0.1) is 5.41 Å². The molecule has 0 unspecified atom stereocenters. The van der Waals surface area contributed by atoms with E-state index in [1.807, 2.05) is 0 Å². The topological polar surface area (TPSA) is 46.2 Å². The van der Waals surface area contributed by atoms with Crippen molar-refractivity contribution in [2.24, 2.45) is 11.1 Å². The van der Waals surface area contributed by atoms with Gasteiger partial charge in [0.25, 0.3) is 0 Å². The minimum absolute atomic E-state index is 0.257. The number of alkyl halides is 3. The lowest BCUT2D eigenvalue weighted by Gasteiger charge is -2.29. The van der Waals surface area contributed by atoms with Crippen molar-refractivity contribution in [3.05, 3.63) is 0 Å². The number of hydrogen-bond donors (Lipinski definition) is 2. The van der Waals surface area contributed by atoms with Crippen LogP contribution in [0.3, 0.4) is 0 Å². The van der Waals surface area contributed by atoms with Crippen LogP contribution < -0.4 is 5.73 Å². The average molecular weight is 185 g/mol. The zero-order valence-electron chi connectivity index (χ0n) is 7.15. The van der Waals surface area contributed by atoms with Gasteiger partial charge in [-0.2, -0.15) is 13.2 Å². The van der Waals surface area contributed by atoms with Crippen LogP contribution in [0.5, 0.6) is 0 Å². The molecule has 12 heavy (non-hydrogen) atoms. The Kier molecular flexibility index (Phi) is 3.53. The molecule has 0 spiro atoms. The Morgan fingerprint density at radius 1 is 1.33 bits per heavy atom. The molecule has 3 N–H and O–H groups in total. The molecule has 0 aromatic heterocycles. The van der Waals surface area contributed by atoms with Crippen molar-refractivity contribution < 1.29 is 18.3 Å². The summed E-state index contributed by atoms with van der Waals surface area (Å²) in [5, 5.41) is 8.47. The van der Waals surface area contributed by atoms with E-state index in [4.69, 9.17) is 10.8 Å². The summed E-state index contributed by atoms with van der Waals surface area (Å²) >= 11 is 0. The van der Waals surface area contributed by atoms with E-state index >= 15 is 0 Å². The zero-order valence-corrected chi connectivity index (χ0v) is 7.15. The van der Waals surface area contributed by atoms with Gasteiger partial charge in [0.2, 0.25) is 0 Å². The van der Waals surface area contributed by atoms with E-state index in [0.717, 1.165) is 13.8 Å². The molecule has 2 nitrogen and oxygen atoms in total. The predicted octanol–water partition coefficient (Wildman–Crippen LogP) is 1.28. The third kappa shape index (κ3) is 2.98. The highest BCUT2D eigenvalue weighted by molar-refractivity contribution is 4.81. The van der Waals surface area contributed by atoms with Gasteiger partial charge in [0.1, 0.15) is 0 Å². The van der Waals surface area contributed by atoms with Crippen molar-refractivity contribution in [2.45, 2.75) is 32.5 Å². The molecule has 0 saturated carbocycles. The molecule has 1 atom stereocenters. The first-order chi connectivity index (χ1) is 5.20. The van der Waals surface area contributed by atoms with Crippen LogP contribution in [0.15, 0.2) is 0 Å². The monoisotopic (exact) mass is 185 g/mol. The summed E-state index contributed by atoms with van der Waals surface area (Å²) in [6, 6.07) is -0.804. The van der Waals surface area contributed by atoms with Gasteiger partial charge in [-0.1, -0.05) is 13.8 Å². The minimum atomic E-state index is -4.26. The maximum atomic E-state index is 12.2. The molecule has 0 aliphatic heterocycles. The Labute approximate surface area is 69.6 Å². The van der Waals surface area contributed by atoms with E-state index in [9.17, 15) is 13.2 Å². The van der Waals surface area contributed by atoms with Gasteiger partial charge in [0, 0.05) is 6.04 Å². The first-order valence-corrected chi connectivity index (χ1v) is 3.64. The first kappa shape index (κ1) is 11.7. The van der Waals surface area contributed by atoms with Gasteiger partial charge in [-0.15, -0.1) is 0 Å². The number of hydrogen-bond acceptors (Lipinski definition) is 2. The Morgan fingerprint density at radius 2 is 1.75 bits per heavy atom. The van der Waals surface area contributed by atoms with E-state index in [0.29, 0.717) is 0 Å². The Hall–Kier alpha value is -0.290. The summed E-state index contributed by atoms with van der Waals surface area (Å²) in [5.74, 6) is 0. The molecule has 0 aromatic rings. The van der Waals surface area contributed by atoms with Crippen molar-refractivity contribution >= 4 is 0 Å². The maximum Gasteiger partial charge on any atom is 0.394 e. The van der Waals surface area contributed by atoms with Crippen LogP contribution in [0.4, 0.5) is 13.2 Å². The standard InChI is InChI=1S/C7H14F3NO/c1-6(2,7(8,9)10)3-5(11)4-12/h5,12H,3-4,11H2,1-2H3/t5-/m0/s1. The van der Waals surface area contributed by atoms with Crippen molar-refractivity contribution in [1.82, 2.24) is 0 Å². The van der Waals surface area contributed by atoms with E-state index in [1.54, 1.807) is 0 Å². The number of halogens is 3. The van der Waals surface area contributed by atoms with E-state index in [-0.39, 0.29) is 6.42 Å². The van der Waals surface area contributed by atoms with Crippen molar-refractivity contribution in [2.75, 3.05) is 6.61 Å². The van der Waals surface area contributed by atoms with E-state index in [2.05, 4.69) is 0 Å². The third-order valence-electron chi connectivity index (χ3n) is 1.77. The lowest BCUT2D eigenvalue weighted by Crippen LogP contribution is -2.39. The summed E-state index contributed by atoms with van der Waals surface area (Å²) in [7, 11) is 0. The highest BCUT2D eigenvalue weighted by atomic mass is 19.4. The number of nitrogens with two attached hydrogens (primary N) is 1. The van der Waals surface area contributed by atoms with E-state index < -0.39 is 24.2 Å². The van der Waals surface area contributed by atoms with Crippen molar-refractivity contribution in [1.29, 1.82) is 0 Å². The van der Waals surface area contributed by atoms with Crippen LogP contribution in [0.2, 0.25) is 0 Å². The van der Waals surface area contributed by atoms with Crippen molar-refractivity contribution in [3.8, 4) is 0 Å². The molecule has 0 rings (SSSR count). The SMILES string of the molecule is CC(C)(C[C@H](N)CO)C(F)(F)F. The first-order valence-electron chi connectivity index (χ1n) is 3.64. The second kappa shape index (κ2) is 3.62. The Morgan fingerprint density at radius 3 is 2.00 bits per heavy atom. The van der Waals surface area contributed by atoms with Crippen LogP contribution in [0.25, 0.3) is 0 Å². The van der Waals surface area contributed by atoms with Gasteiger partial charge in [0.15, 0.2) is 0 Å². The fraction of sp³-hybridized carbons (Fsp3) is 1.00. The largest absolute Gasteiger partial charge is 0.395 e. The summed E-state index contributed by atoms with van der Waals surface area (Å²) in [6.07, 6.45) is -4.52. The van der Waals surface area contributed by atoms with Crippen LogP contribution in [0.1, 0.15) is 20.3 Å². The molecule has 0 bridgehead atoms. The molecule has 0 aromatic carbocycles. The lowest BCUT2D eigenvalue weighted by atomic mass is 9.85. The molecule has 5 heteroatoms. The van der Waals surface area contributed by atoms with Crippen LogP contribution in [-0.2, 0) is 0 Å². The summed E-state index contributed by atoms with van der Waals surface area (Å²) < 4.78 is 36.6. The minimum Gasteiger partial charge on any atom is -0.395 e. The smallest absolute Gasteiger partial charge is 0.394 e. The van der Waals surface area contributed by atoms with Gasteiger partial charge in [-0.05, 0) is 6.42 Å². The molecule has 0 radical (unpaired) electrons. The fourth-order valence-electron chi connectivity index (χ4n) is 0.836. The highest BCUT2D eigenvalue weighted by Crippen LogP contribution is 2.40. The number of rotatable bonds is 3. The molecule has 0 heterocycles. The fourth-order valence-corrected chi connectivity index (χ4v) is 0.836. The van der Waals surface area contributed by atoms with Gasteiger partial charge >= 0.3 is 6.18 Å². The molecular weight excluding hydrogens is 171 g/mol. The summed E-state index contributed by atoms with van der Waals surface area (Å²) in [4.78, 5) is 0. The highest BCUT2D eigenvalue weighted by Gasteiger charge is 2.47. The zero-order chi connectivity index (χ0) is 9.99. The van der Waals surface area contributed by atoms with Crippen LogP contribution >= 0.6 is 0 Å². The predicted molar refractivity (Wildman–Crippen MR) is 39.5 cm³/mol. The van der Waals surface area contributed by atoms with Crippen molar-refractivity contribution in [3.63, 3.8) is 0 Å². The second-order valence-corrected chi connectivity index (χ2v) is 3.53. The normalized spacial score (nSPS) is 16.2. The summed E-state index contributed by atoms with van der Waals surface area (Å²) in [6.45, 7) is 1.73. The molecule has 0 saturated heterocycles. The number of aliphatic hydroxyl groups excluding tert-OH is 1. The third-order valence-corrected chi connectivity index (χ3v) is 1.77. The maximum absolute atomic E-state index is 12.2. The number of aliphatic hydroxyl groups is 1. The Bertz CT molecular complexity index is 144.